The number of rotatable bonds is 8. The van der Waals surface area contributed by atoms with Crippen molar-refractivity contribution in [3.8, 4) is 0 Å². The maximum absolute atomic E-state index is 14.8. The van der Waals surface area contributed by atoms with Crippen molar-refractivity contribution in [2.45, 2.75) is 16.9 Å². The van der Waals surface area contributed by atoms with Crippen LogP contribution >= 0.6 is 22.9 Å². The van der Waals surface area contributed by atoms with Crippen LogP contribution in [0.4, 0.5) is 24.0 Å². The number of aromatic nitrogens is 1. The predicted molar refractivity (Wildman–Crippen MR) is 119 cm³/mol. The minimum Gasteiger partial charge on any atom is -0.376 e. The highest BCUT2D eigenvalue weighted by atomic mass is 35.5. The van der Waals surface area contributed by atoms with Gasteiger partial charge in [0, 0.05) is 18.1 Å². The molecule has 2 N–H and O–H groups in total. The average molecular weight is 503 g/mol. The van der Waals surface area contributed by atoms with E-state index in [0.717, 1.165) is 29.0 Å². The zero-order valence-electron chi connectivity index (χ0n) is 16.4. The van der Waals surface area contributed by atoms with Crippen molar-refractivity contribution in [1.82, 2.24) is 9.88 Å². The first kappa shape index (κ1) is 22.8. The normalized spacial score (nSPS) is 16.9. The molecule has 0 amide bonds. The first-order valence-corrected chi connectivity index (χ1v) is 12.2. The number of benzene rings is 2. The second-order valence-corrected chi connectivity index (χ2v) is 10.3. The van der Waals surface area contributed by atoms with Gasteiger partial charge >= 0.3 is 0 Å². The maximum atomic E-state index is 14.8. The van der Waals surface area contributed by atoms with E-state index in [1.54, 1.807) is 22.4 Å². The topological polar surface area (TPSA) is 74.3 Å². The van der Waals surface area contributed by atoms with Gasteiger partial charge in [0.15, 0.2) is 5.13 Å². The number of nitrogens with one attached hydrogen (secondary N) is 2. The Labute approximate surface area is 192 Å². The summed E-state index contributed by atoms with van der Waals surface area (Å²) >= 11 is 7.33. The second kappa shape index (κ2) is 8.89. The Morgan fingerprint density at radius 3 is 2.56 bits per heavy atom. The van der Waals surface area contributed by atoms with E-state index in [1.807, 2.05) is 18.2 Å². The highest BCUT2D eigenvalue weighted by Crippen LogP contribution is 2.34. The molecular formula is C20H18ClF3N4O2S2. The Kier molecular flexibility index (Phi) is 6.35. The standard InChI is InChI=1S/C20H18ClF3N4O2S2/c21-14-8-18(32(29,30)27-19-25-6-7-31-19)15(22)9-16(14)26-17(13-4-2-1-3-5-13)10-28-11-20(23,24)12-28/h1-9,17,26H,10-12H2,(H,25,27). The van der Waals surface area contributed by atoms with Crippen LogP contribution in [0.15, 0.2) is 58.9 Å². The summed E-state index contributed by atoms with van der Waals surface area (Å²) in [6.45, 7) is -0.484. The van der Waals surface area contributed by atoms with Gasteiger partial charge in [0.25, 0.3) is 15.9 Å². The summed E-state index contributed by atoms with van der Waals surface area (Å²) in [7, 11) is -4.24. The second-order valence-electron chi connectivity index (χ2n) is 7.34. The highest BCUT2D eigenvalue weighted by molar-refractivity contribution is 7.93. The average Bonchev–Trinajstić information content (AvgIpc) is 3.21. The summed E-state index contributed by atoms with van der Waals surface area (Å²) in [5.74, 6) is -3.73. The van der Waals surface area contributed by atoms with Gasteiger partial charge in [-0.3, -0.25) is 9.62 Å². The van der Waals surface area contributed by atoms with Crippen LogP contribution in [0.25, 0.3) is 0 Å². The first-order chi connectivity index (χ1) is 15.1. The molecule has 3 aromatic rings. The van der Waals surface area contributed by atoms with Crippen molar-refractivity contribution in [3.05, 3.63) is 70.4 Å². The third-order valence-electron chi connectivity index (χ3n) is 4.85. The molecule has 4 rings (SSSR count). The van der Waals surface area contributed by atoms with Crippen molar-refractivity contribution in [2.24, 2.45) is 0 Å². The molecule has 1 saturated heterocycles. The predicted octanol–water partition coefficient (Wildman–Crippen LogP) is 4.84. The molecule has 0 spiro atoms. The summed E-state index contributed by atoms with van der Waals surface area (Å²) in [5, 5.41) is 4.71. The monoisotopic (exact) mass is 502 g/mol. The number of halogens is 4. The Bertz CT molecular complexity index is 1190. The summed E-state index contributed by atoms with van der Waals surface area (Å²) in [4.78, 5) is 4.78. The molecule has 1 unspecified atom stereocenters. The van der Waals surface area contributed by atoms with Gasteiger partial charge < -0.3 is 5.32 Å². The third-order valence-corrected chi connectivity index (χ3v) is 7.33. The van der Waals surface area contributed by atoms with E-state index in [0.29, 0.717) is 0 Å². The van der Waals surface area contributed by atoms with Crippen LogP contribution in [-0.2, 0) is 10.0 Å². The minimum atomic E-state index is -4.24. The van der Waals surface area contributed by atoms with Crippen LogP contribution in [0, 0.1) is 5.82 Å². The lowest BCUT2D eigenvalue weighted by Gasteiger charge is -2.41. The summed E-state index contributed by atoms with van der Waals surface area (Å²) in [5.41, 5.74) is 0.944. The van der Waals surface area contributed by atoms with Crippen molar-refractivity contribution in [2.75, 3.05) is 29.7 Å². The van der Waals surface area contributed by atoms with Gasteiger partial charge in [-0.25, -0.2) is 26.6 Å². The number of thiazole rings is 1. The largest absolute Gasteiger partial charge is 0.376 e. The van der Waals surface area contributed by atoms with Crippen LogP contribution in [0.1, 0.15) is 11.6 Å². The fraction of sp³-hybridized carbons (Fsp3) is 0.250. The number of hydrogen-bond acceptors (Lipinski definition) is 6. The molecule has 1 atom stereocenters. The number of alkyl halides is 2. The number of likely N-dealkylation sites (tertiary alicyclic amines) is 1. The van der Waals surface area contributed by atoms with Crippen LogP contribution in [0.2, 0.25) is 5.02 Å². The molecular weight excluding hydrogens is 485 g/mol. The zero-order chi connectivity index (χ0) is 22.9. The van der Waals surface area contributed by atoms with E-state index in [9.17, 15) is 21.6 Å². The van der Waals surface area contributed by atoms with Crippen LogP contribution in [-0.4, -0.2) is 43.9 Å². The smallest absolute Gasteiger partial charge is 0.272 e. The molecule has 6 nitrogen and oxygen atoms in total. The molecule has 170 valence electrons. The lowest BCUT2D eigenvalue weighted by atomic mass is 10.0. The Balaban J connectivity index is 1.58. The molecule has 1 aliphatic rings. The number of hydrogen-bond donors (Lipinski definition) is 2. The molecule has 1 fully saturated rings. The molecule has 1 aromatic heterocycles. The van der Waals surface area contributed by atoms with Crippen LogP contribution < -0.4 is 10.0 Å². The molecule has 32 heavy (non-hydrogen) atoms. The number of nitrogens with zero attached hydrogens (tertiary/aromatic N) is 2. The fourth-order valence-electron chi connectivity index (χ4n) is 3.39. The maximum Gasteiger partial charge on any atom is 0.272 e. The molecule has 2 heterocycles. The van der Waals surface area contributed by atoms with Crippen molar-refractivity contribution >= 4 is 43.8 Å². The van der Waals surface area contributed by atoms with Gasteiger partial charge in [-0.1, -0.05) is 41.9 Å². The van der Waals surface area contributed by atoms with Crippen molar-refractivity contribution in [1.29, 1.82) is 0 Å². The lowest BCUT2D eigenvalue weighted by Crippen LogP contribution is -2.57. The van der Waals surface area contributed by atoms with Gasteiger partial charge in [0.1, 0.15) is 10.7 Å². The Hall–Kier alpha value is -2.34. The first-order valence-electron chi connectivity index (χ1n) is 9.46. The van der Waals surface area contributed by atoms with E-state index in [4.69, 9.17) is 11.6 Å². The zero-order valence-corrected chi connectivity index (χ0v) is 18.8. The van der Waals surface area contributed by atoms with Gasteiger partial charge in [-0.15, -0.1) is 11.3 Å². The van der Waals surface area contributed by atoms with Gasteiger partial charge in [0.05, 0.1) is 29.8 Å². The van der Waals surface area contributed by atoms with E-state index in [2.05, 4.69) is 15.0 Å². The van der Waals surface area contributed by atoms with E-state index >= 15 is 0 Å². The summed E-state index contributed by atoms with van der Waals surface area (Å²) in [6, 6.07) is 10.6. The molecule has 0 saturated carbocycles. The fourth-order valence-corrected chi connectivity index (χ4v) is 5.55. The quantitative estimate of drug-likeness (QED) is 0.461. The minimum absolute atomic E-state index is 0.0271. The van der Waals surface area contributed by atoms with Gasteiger partial charge in [-0.2, -0.15) is 0 Å². The van der Waals surface area contributed by atoms with Crippen LogP contribution in [0.5, 0.6) is 0 Å². The van der Waals surface area contributed by atoms with Crippen molar-refractivity contribution < 1.29 is 21.6 Å². The van der Waals surface area contributed by atoms with E-state index in [1.165, 1.54) is 6.20 Å². The number of sulfonamides is 1. The molecule has 0 bridgehead atoms. The molecule has 0 radical (unpaired) electrons. The van der Waals surface area contributed by atoms with Gasteiger partial charge in [-0.05, 0) is 17.7 Å². The molecule has 2 aromatic carbocycles. The SMILES string of the molecule is O=S(=O)(Nc1nccs1)c1cc(Cl)c(NC(CN2CC(F)(F)C2)c2ccccc2)cc1F. The van der Waals surface area contributed by atoms with E-state index in [-0.39, 0.29) is 35.5 Å². The van der Waals surface area contributed by atoms with Gasteiger partial charge in [0.2, 0.25) is 0 Å². The lowest BCUT2D eigenvalue weighted by molar-refractivity contribution is -0.131. The van der Waals surface area contributed by atoms with Crippen molar-refractivity contribution in [3.63, 3.8) is 0 Å². The van der Waals surface area contributed by atoms with E-state index < -0.39 is 32.7 Å². The highest BCUT2D eigenvalue weighted by Gasteiger charge is 2.44. The number of anilines is 2. The third kappa shape index (κ3) is 5.17. The summed E-state index contributed by atoms with van der Waals surface area (Å²) < 4.78 is 68.6. The molecule has 12 heteroatoms. The molecule has 1 aliphatic heterocycles. The Morgan fingerprint density at radius 1 is 1.22 bits per heavy atom. The van der Waals surface area contributed by atoms with Crippen LogP contribution in [0.3, 0.4) is 0 Å². The summed E-state index contributed by atoms with van der Waals surface area (Å²) in [6.07, 6.45) is 1.41. The molecule has 0 aliphatic carbocycles. The Morgan fingerprint density at radius 2 is 1.94 bits per heavy atom.